The van der Waals surface area contributed by atoms with Crippen LogP contribution < -0.4 is 10.6 Å². The highest BCUT2D eigenvalue weighted by Crippen LogP contribution is 2.17. The maximum atomic E-state index is 12.1. The van der Waals surface area contributed by atoms with Crippen LogP contribution in [-0.2, 0) is 9.53 Å². The van der Waals surface area contributed by atoms with Gasteiger partial charge in [0.25, 0.3) is 5.91 Å². The predicted molar refractivity (Wildman–Crippen MR) is 107 cm³/mol. The Balaban J connectivity index is 1.52. The van der Waals surface area contributed by atoms with Crippen LogP contribution in [0.15, 0.2) is 60.7 Å². The lowest BCUT2D eigenvalue weighted by molar-refractivity contribution is -0.123. The van der Waals surface area contributed by atoms with Gasteiger partial charge in [0.05, 0.1) is 5.56 Å². The van der Waals surface area contributed by atoms with E-state index in [0.717, 1.165) is 21.9 Å². The summed E-state index contributed by atoms with van der Waals surface area (Å²) >= 11 is 0. The van der Waals surface area contributed by atoms with Gasteiger partial charge in [0.15, 0.2) is 6.61 Å². The molecule has 2 N–H and O–H groups in total. The number of hydrogen-bond acceptors (Lipinski definition) is 4. The number of urea groups is 1. The number of anilines is 1. The van der Waals surface area contributed by atoms with Crippen molar-refractivity contribution < 1.29 is 19.1 Å². The van der Waals surface area contributed by atoms with Gasteiger partial charge in [0.1, 0.15) is 0 Å². The van der Waals surface area contributed by atoms with Gasteiger partial charge in [0.2, 0.25) is 0 Å². The van der Waals surface area contributed by atoms with Gasteiger partial charge in [-0.05, 0) is 48.4 Å². The van der Waals surface area contributed by atoms with Gasteiger partial charge in [-0.25, -0.2) is 9.59 Å². The maximum absolute atomic E-state index is 12.1. The van der Waals surface area contributed by atoms with Crippen molar-refractivity contribution >= 4 is 34.4 Å². The van der Waals surface area contributed by atoms with Crippen LogP contribution in [0.1, 0.15) is 21.5 Å². The molecule has 0 atom stereocenters. The highest BCUT2D eigenvalue weighted by Gasteiger charge is 2.13. The Hall–Kier alpha value is -3.67. The number of benzene rings is 3. The number of rotatable bonds is 4. The average molecular weight is 376 g/mol. The van der Waals surface area contributed by atoms with Gasteiger partial charge >= 0.3 is 12.0 Å². The Morgan fingerprint density at radius 2 is 1.64 bits per heavy atom. The molecule has 0 aromatic heterocycles. The molecule has 6 heteroatoms. The lowest BCUT2D eigenvalue weighted by atomic mass is 10.1. The van der Waals surface area contributed by atoms with E-state index in [9.17, 15) is 14.4 Å². The summed E-state index contributed by atoms with van der Waals surface area (Å²) in [4.78, 5) is 36.0. The Morgan fingerprint density at radius 3 is 2.39 bits per heavy atom. The van der Waals surface area contributed by atoms with Crippen LogP contribution in [0, 0.1) is 13.8 Å². The van der Waals surface area contributed by atoms with Crippen molar-refractivity contribution in [3.8, 4) is 0 Å². The number of hydrogen-bond donors (Lipinski definition) is 2. The van der Waals surface area contributed by atoms with Crippen molar-refractivity contribution in [2.75, 3.05) is 11.9 Å². The monoisotopic (exact) mass is 376 g/mol. The first-order valence-electron chi connectivity index (χ1n) is 8.76. The molecule has 0 saturated carbocycles. The Labute approximate surface area is 162 Å². The van der Waals surface area contributed by atoms with Crippen molar-refractivity contribution in [2.45, 2.75) is 13.8 Å². The number of ether oxygens (including phenoxy) is 1. The molecule has 0 heterocycles. The number of esters is 1. The van der Waals surface area contributed by atoms with E-state index in [2.05, 4.69) is 10.6 Å². The number of nitrogens with one attached hydrogen (secondary N) is 2. The van der Waals surface area contributed by atoms with E-state index < -0.39 is 24.5 Å². The van der Waals surface area contributed by atoms with E-state index in [4.69, 9.17) is 4.74 Å². The normalized spacial score (nSPS) is 10.4. The second-order valence-corrected chi connectivity index (χ2v) is 6.46. The summed E-state index contributed by atoms with van der Waals surface area (Å²) in [5, 5.41) is 6.63. The molecule has 0 spiro atoms. The third kappa shape index (κ3) is 4.73. The van der Waals surface area contributed by atoms with Crippen LogP contribution in [0.4, 0.5) is 10.5 Å². The molecular weight excluding hydrogens is 356 g/mol. The van der Waals surface area contributed by atoms with Crippen molar-refractivity contribution in [1.82, 2.24) is 5.32 Å². The first kappa shape index (κ1) is 19.1. The van der Waals surface area contributed by atoms with Crippen LogP contribution in [0.25, 0.3) is 10.8 Å². The van der Waals surface area contributed by atoms with Crippen LogP contribution >= 0.6 is 0 Å². The van der Waals surface area contributed by atoms with Gasteiger partial charge in [0, 0.05) is 5.69 Å². The van der Waals surface area contributed by atoms with E-state index in [1.54, 1.807) is 18.2 Å². The van der Waals surface area contributed by atoms with Crippen molar-refractivity contribution in [2.24, 2.45) is 0 Å². The summed E-state index contributed by atoms with van der Waals surface area (Å²) in [7, 11) is 0. The smallest absolute Gasteiger partial charge is 0.338 e. The minimum absolute atomic E-state index is 0.339. The summed E-state index contributed by atoms with van der Waals surface area (Å²) in [5.74, 6) is -1.34. The first-order chi connectivity index (χ1) is 13.4. The summed E-state index contributed by atoms with van der Waals surface area (Å²) in [6, 6.07) is 17.6. The zero-order valence-corrected chi connectivity index (χ0v) is 15.6. The molecule has 28 heavy (non-hydrogen) atoms. The molecule has 0 fully saturated rings. The quantitative estimate of drug-likeness (QED) is 0.675. The Morgan fingerprint density at radius 1 is 0.893 bits per heavy atom. The van der Waals surface area contributed by atoms with Crippen molar-refractivity contribution in [3.63, 3.8) is 0 Å². The Bertz CT molecular complexity index is 1060. The standard InChI is InChI=1S/C22H20N2O4/c1-14-7-10-19(15(2)11-14)23-22(27)24-20(25)13-28-21(26)18-9-8-16-5-3-4-6-17(16)12-18/h3-12H,13H2,1-2H3,(H2,23,24,25,27). The SMILES string of the molecule is Cc1ccc(NC(=O)NC(=O)COC(=O)c2ccc3ccccc3c2)c(C)c1. The van der Waals surface area contributed by atoms with Gasteiger partial charge in [-0.3, -0.25) is 10.1 Å². The number of amides is 3. The molecular formula is C22H20N2O4. The number of carbonyl (C=O) groups is 3. The average Bonchev–Trinajstić information content (AvgIpc) is 2.68. The lowest BCUT2D eigenvalue weighted by Crippen LogP contribution is -2.37. The molecule has 3 rings (SSSR count). The van der Waals surface area contributed by atoms with E-state index in [1.165, 1.54) is 0 Å². The molecule has 3 aromatic rings. The fourth-order valence-corrected chi connectivity index (χ4v) is 2.80. The zero-order valence-electron chi connectivity index (χ0n) is 15.6. The fourth-order valence-electron chi connectivity index (χ4n) is 2.80. The van der Waals surface area contributed by atoms with E-state index >= 15 is 0 Å². The molecule has 0 unspecified atom stereocenters. The molecule has 0 aliphatic rings. The second kappa shape index (κ2) is 8.35. The fraction of sp³-hybridized carbons (Fsp3) is 0.136. The third-order valence-corrected chi connectivity index (χ3v) is 4.20. The van der Waals surface area contributed by atoms with E-state index in [0.29, 0.717) is 11.3 Å². The summed E-state index contributed by atoms with van der Waals surface area (Å²) < 4.78 is 5.00. The number of aryl methyl sites for hydroxylation is 2. The molecule has 0 aliphatic heterocycles. The van der Waals surface area contributed by atoms with Crippen molar-refractivity contribution in [3.05, 3.63) is 77.4 Å². The predicted octanol–water partition coefficient (Wildman–Crippen LogP) is 3.96. The highest BCUT2D eigenvalue weighted by molar-refractivity contribution is 6.03. The van der Waals surface area contributed by atoms with Crippen molar-refractivity contribution in [1.29, 1.82) is 0 Å². The molecule has 0 saturated heterocycles. The minimum Gasteiger partial charge on any atom is -0.452 e. The van der Waals surface area contributed by atoms with Gasteiger partial charge in [-0.1, -0.05) is 48.0 Å². The molecule has 0 aliphatic carbocycles. The van der Waals surface area contributed by atoms with E-state index in [1.807, 2.05) is 56.3 Å². The third-order valence-electron chi connectivity index (χ3n) is 4.20. The number of imide groups is 1. The summed E-state index contributed by atoms with van der Waals surface area (Å²) in [6.45, 7) is 3.26. The summed E-state index contributed by atoms with van der Waals surface area (Å²) in [5.41, 5.74) is 2.89. The molecule has 0 bridgehead atoms. The lowest BCUT2D eigenvalue weighted by Gasteiger charge is -2.10. The highest BCUT2D eigenvalue weighted by atomic mass is 16.5. The first-order valence-corrected chi connectivity index (χ1v) is 8.76. The van der Waals surface area contributed by atoms with Gasteiger partial charge in [-0.15, -0.1) is 0 Å². The minimum atomic E-state index is -0.712. The number of carbonyl (C=O) groups excluding carboxylic acids is 3. The van der Waals surface area contributed by atoms with E-state index in [-0.39, 0.29) is 0 Å². The van der Waals surface area contributed by atoms with Crippen LogP contribution in [0.2, 0.25) is 0 Å². The molecule has 0 radical (unpaired) electrons. The molecule has 6 nitrogen and oxygen atoms in total. The Kier molecular flexibility index (Phi) is 5.69. The van der Waals surface area contributed by atoms with Crippen LogP contribution in [0.3, 0.4) is 0 Å². The van der Waals surface area contributed by atoms with Crippen LogP contribution in [0.5, 0.6) is 0 Å². The molecule has 3 amide bonds. The van der Waals surface area contributed by atoms with Gasteiger partial charge < -0.3 is 10.1 Å². The molecule has 142 valence electrons. The van der Waals surface area contributed by atoms with Crippen LogP contribution in [-0.4, -0.2) is 24.5 Å². The largest absolute Gasteiger partial charge is 0.452 e. The maximum Gasteiger partial charge on any atom is 0.338 e. The second-order valence-electron chi connectivity index (χ2n) is 6.46. The van der Waals surface area contributed by atoms with Gasteiger partial charge in [-0.2, -0.15) is 0 Å². The molecule has 3 aromatic carbocycles. The number of fused-ring (bicyclic) bond motifs is 1. The zero-order chi connectivity index (χ0) is 20.1. The topological polar surface area (TPSA) is 84.5 Å². The summed E-state index contributed by atoms with van der Waals surface area (Å²) in [6.07, 6.45) is 0.